The number of likely N-dealkylation sites (N-methyl/N-ethyl adjacent to an activating group) is 1. The van der Waals surface area contributed by atoms with Crippen molar-refractivity contribution in [3.8, 4) is 0 Å². The van der Waals surface area contributed by atoms with Crippen molar-refractivity contribution >= 4 is 23.2 Å². The molecule has 0 aliphatic carbocycles. The molecule has 1 atom stereocenters. The van der Waals surface area contributed by atoms with E-state index in [0.717, 1.165) is 18.5 Å². The fourth-order valence-corrected chi connectivity index (χ4v) is 2.09. The molecule has 102 valence electrons. The van der Waals surface area contributed by atoms with Gasteiger partial charge in [-0.15, -0.1) is 0 Å². The topological polar surface area (TPSA) is 58.6 Å². The average molecular weight is 262 g/mol. The first kappa shape index (κ1) is 13.5. The van der Waals surface area contributed by atoms with Gasteiger partial charge in [-0.1, -0.05) is 0 Å². The van der Waals surface area contributed by atoms with Crippen LogP contribution in [-0.4, -0.2) is 31.6 Å². The number of nitrogens with one attached hydrogen (secondary N) is 1. The van der Waals surface area contributed by atoms with Gasteiger partial charge in [-0.2, -0.15) is 0 Å². The first-order chi connectivity index (χ1) is 9.08. The van der Waals surface area contributed by atoms with Gasteiger partial charge in [0, 0.05) is 32.0 Å². The second-order valence-corrected chi connectivity index (χ2v) is 4.63. The third-order valence-corrected chi connectivity index (χ3v) is 3.11. The van der Waals surface area contributed by atoms with E-state index in [1.807, 2.05) is 0 Å². The first-order valence-corrected chi connectivity index (χ1v) is 6.35. The molecule has 0 saturated carbocycles. The second-order valence-electron chi connectivity index (χ2n) is 4.63. The number of benzene rings is 1. The van der Waals surface area contributed by atoms with Crippen LogP contribution in [0.5, 0.6) is 0 Å². The lowest BCUT2D eigenvalue weighted by Crippen LogP contribution is -2.35. The molecule has 0 radical (unpaired) electrons. The van der Waals surface area contributed by atoms with E-state index < -0.39 is 0 Å². The Balaban J connectivity index is 2.04. The molecule has 2 rings (SSSR count). The van der Waals surface area contributed by atoms with Gasteiger partial charge in [0.25, 0.3) is 5.91 Å². The number of rotatable bonds is 3. The Hall–Kier alpha value is -1.88. The summed E-state index contributed by atoms with van der Waals surface area (Å²) in [5, 5.41) is 2.69. The van der Waals surface area contributed by atoms with Crippen molar-refractivity contribution in [2.45, 2.75) is 25.9 Å². The predicted octanol–water partition coefficient (Wildman–Crippen LogP) is 1.79. The third kappa shape index (κ3) is 3.32. The molecule has 1 aliphatic heterocycles. The SMILES string of the molecule is CC(=O)Nc1ccc(N(C)C(=O)C2CCCO2)cc1. The Labute approximate surface area is 112 Å². The predicted molar refractivity (Wildman–Crippen MR) is 73.1 cm³/mol. The molecule has 1 heterocycles. The van der Waals surface area contributed by atoms with E-state index in [1.165, 1.54) is 6.92 Å². The minimum atomic E-state index is -0.319. The van der Waals surface area contributed by atoms with Crippen molar-refractivity contribution in [3.05, 3.63) is 24.3 Å². The summed E-state index contributed by atoms with van der Waals surface area (Å²) in [6.45, 7) is 2.12. The lowest BCUT2D eigenvalue weighted by atomic mass is 10.2. The summed E-state index contributed by atoms with van der Waals surface area (Å²) < 4.78 is 5.39. The monoisotopic (exact) mass is 262 g/mol. The maximum Gasteiger partial charge on any atom is 0.255 e. The maximum absolute atomic E-state index is 12.1. The second kappa shape index (κ2) is 5.84. The standard InChI is InChI=1S/C14H18N2O3/c1-10(17)15-11-5-7-12(8-6-11)16(2)14(18)13-4-3-9-19-13/h5-8,13H,3-4,9H2,1-2H3,(H,15,17). The van der Waals surface area contributed by atoms with Crippen LogP contribution in [-0.2, 0) is 14.3 Å². The smallest absolute Gasteiger partial charge is 0.255 e. The molecule has 5 heteroatoms. The molecule has 19 heavy (non-hydrogen) atoms. The van der Waals surface area contributed by atoms with Crippen LogP contribution < -0.4 is 10.2 Å². The van der Waals surface area contributed by atoms with Crippen LogP contribution in [0.2, 0.25) is 0 Å². The molecular formula is C14H18N2O3. The third-order valence-electron chi connectivity index (χ3n) is 3.11. The van der Waals surface area contributed by atoms with Gasteiger partial charge < -0.3 is 15.0 Å². The molecule has 1 aliphatic rings. The molecule has 1 saturated heterocycles. The number of hydrogen-bond donors (Lipinski definition) is 1. The van der Waals surface area contributed by atoms with Crippen molar-refractivity contribution in [1.82, 2.24) is 0 Å². The van der Waals surface area contributed by atoms with Crippen LogP contribution >= 0.6 is 0 Å². The van der Waals surface area contributed by atoms with E-state index in [-0.39, 0.29) is 17.9 Å². The average Bonchev–Trinajstić information content (AvgIpc) is 2.91. The zero-order chi connectivity index (χ0) is 13.8. The molecule has 1 unspecified atom stereocenters. The molecule has 5 nitrogen and oxygen atoms in total. The highest BCUT2D eigenvalue weighted by Crippen LogP contribution is 2.21. The van der Waals surface area contributed by atoms with Crippen LogP contribution in [0, 0.1) is 0 Å². The van der Waals surface area contributed by atoms with Gasteiger partial charge in [0.2, 0.25) is 5.91 Å². The first-order valence-electron chi connectivity index (χ1n) is 6.35. The van der Waals surface area contributed by atoms with E-state index in [2.05, 4.69) is 5.32 Å². The zero-order valence-corrected chi connectivity index (χ0v) is 11.2. The summed E-state index contributed by atoms with van der Waals surface area (Å²) >= 11 is 0. The van der Waals surface area contributed by atoms with Gasteiger partial charge in [0.1, 0.15) is 6.10 Å². The van der Waals surface area contributed by atoms with Gasteiger partial charge in [0.15, 0.2) is 0 Å². The van der Waals surface area contributed by atoms with E-state index >= 15 is 0 Å². The number of anilines is 2. The number of ether oxygens (including phenoxy) is 1. The largest absolute Gasteiger partial charge is 0.368 e. The number of hydrogen-bond acceptors (Lipinski definition) is 3. The van der Waals surface area contributed by atoms with Crippen molar-refractivity contribution in [2.24, 2.45) is 0 Å². The van der Waals surface area contributed by atoms with E-state index in [9.17, 15) is 9.59 Å². The zero-order valence-electron chi connectivity index (χ0n) is 11.2. The van der Waals surface area contributed by atoms with Crippen LogP contribution in [0.1, 0.15) is 19.8 Å². The number of nitrogens with zero attached hydrogens (tertiary/aromatic N) is 1. The fraction of sp³-hybridized carbons (Fsp3) is 0.429. The Morgan fingerprint density at radius 1 is 1.32 bits per heavy atom. The summed E-state index contributed by atoms with van der Waals surface area (Å²) in [5.74, 6) is -0.138. The number of carbonyl (C=O) groups is 2. The number of carbonyl (C=O) groups excluding carboxylic acids is 2. The van der Waals surface area contributed by atoms with Crippen molar-refractivity contribution < 1.29 is 14.3 Å². The maximum atomic E-state index is 12.1. The highest BCUT2D eigenvalue weighted by atomic mass is 16.5. The van der Waals surface area contributed by atoms with Crippen LogP contribution in [0.15, 0.2) is 24.3 Å². The summed E-state index contributed by atoms with van der Waals surface area (Å²) in [7, 11) is 1.73. The van der Waals surface area contributed by atoms with E-state index in [0.29, 0.717) is 12.3 Å². The van der Waals surface area contributed by atoms with Gasteiger partial charge in [0.05, 0.1) is 0 Å². The van der Waals surface area contributed by atoms with Gasteiger partial charge in [-0.3, -0.25) is 9.59 Å². The summed E-state index contributed by atoms with van der Waals surface area (Å²) in [6, 6.07) is 7.16. The van der Waals surface area contributed by atoms with E-state index in [4.69, 9.17) is 4.74 Å². The molecule has 1 aromatic carbocycles. The highest BCUT2D eigenvalue weighted by molar-refractivity contribution is 5.96. The van der Waals surface area contributed by atoms with E-state index in [1.54, 1.807) is 36.2 Å². The molecule has 0 spiro atoms. The Kier molecular flexibility index (Phi) is 4.16. The summed E-state index contributed by atoms with van der Waals surface area (Å²) in [4.78, 5) is 24.7. The highest BCUT2D eigenvalue weighted by Gasteiger charge is 2.26. The van der Waals surface area contributed by atoms with Crippen molar-refractivity contribution in [3.63, 3.8) is 0 Å². The normalized spacial score (nSPS) is 18.1. The Bertz CT molecular complexity index is 464. The molecule has 1 fully saturated rings. The summed E-state index contributed by atoms with van der Waals surface area (Å²) in [5.41, 5.74) is 1.50. The van der Waals surface area contributed by atoms with Crippen LogP contribution in [0.25, 0.3) is 0 Å². The van der Waals surface area contributed by atoms with Gasteiger partial charge in [-0.25, -0.2) is 0 Å². The lowest BCUT2D eigenvalue weighted by Gasteiger charge is -2.21. The minimum absolute atomic E-state index is 0.0234. The lowest BCUT2D eigenvalue weighted by molar-refractivity contribution is -0.127. The molecule has 0 bridgehead atoms. The molecule has 0 aromatic heterocycles. The Morgan fingerprint density at radius 2 is 2.00 bits per heavy atom. The fourth-order valence-electron chi connectivity index (χ4n) is 2.09. The molecule has 1 aromatic rings. The number of amides is 2. The van der Waals surface area contributed by atoms with Gasteiger partial charge in [-0.05, 0) is 37.1 Å². The van der Waals surface area contributed by atoms with Gasteiger partial charge >= 0.3 is 0 Å². The van der Waals surface area contributed by atoms with Crippen molar-refractivity contribution in [2.75, 3.05) is 23.9 Å². The quantitative estimate of drug-likeness (QED) is 0.903. The van der Waals surface area contributed by atoms with Crippen LogP contribution in [0.3, 0.4) is 0 Å². The molecule has 2 amide bonds. The molecule has 1 N–H and O–H groups in total. The Morgan fingerprint density at radius 3 is 2.53 bits per heavy atom. The van der Waals surface area contributed by atoms with Crippen LogP contribution in [0.4, 0.5) is 11.4 Å². The molecular weight excluding hydrogens is 244 g/mol. The minimum Gasteiger partial charge on any atom is -0.368 e. The summed E-state index contributed by atoms with van der Waals surface area (Å²) in [6.07, 6.45) is 1.40. The van der Waals surface area contributed by atoms with Crippen molar-refractivity contribution in [1.29, 1.82) is 0 Å².